The van der Waals surface area contributed by atoms with Gasteiger partial charge in [-0.1, -0.05) is 0 Å². The zero-order chi connectivity index (χ0) is 11.7. The molecule has 0 bridgehead atoms. The van der Waals surface area contributed by atoms with Gasteiger partial charge in [-0.25, -0.2) is 0 Å². The number of hydrogen-bond donors (Lipinski definition) is 2. The van der Waals surface area contributed by atoms with Crippen LogP contribution in [0.1, 0.15) is 11.7 Å². The molecule has 0 saturated heterocycles. The van der Waals surface area contributed by atoms with Crippen molar-refractivity contribution in [2.45, 2.75) is 6.10 Å². The van der Waals surface area contributed by atoms with Crippen LogP contribution >= 0.6 is 79.6 Å². The van der Waals surface area contributed by atoms with Gasteiger partial charge < -0.3 is 10.8 Å². The lowest BCUT2D eigenvalue weighted by Gasteiger charge is -2.17. The summed E-state index contributed by atoms with van der Waals surface area (Å²) in [5.74, 6) is 0. The third-order valence-electron chi connectivity index (χ3n) is 1.80. The summed E-state index contributed by atoms with van der Waals surface area (Å²) in [5, 5.41) is 9.79. The fourth-order valence-electron chi connectivity index (χ4n) is 1.03. The van der Waals surface area contributed by atoms with Crippen LogP contribution in [-0.2, 0) is 0 Å². The van der Waals surface area contributed by atoms with Crippen LogP contribution in [0.5, 0.6) is 0 Å². The van der Waals surface area contributed by atoms with Crippen LogP contribution in [0, 0.1) is 0 Å². The van der Waals surface area contributed by atoms with E-state index in [1.54, 1.807) is 0 Å². The molecule has 2 nitrogen and oxygen atoms in total. The Morgan fingerprint density at radius 1 is 0.867 bits per heavy atom. The second-order valence-electron chi connectivity index (χ2n) is 2.74. The largest absolute Gasteiger partial charge is 0.387 e. The van der Waals surface area contributed by atoms with E-state index < -0.39 is 6.10 Å². The van der Waals surface area contributed by atoms with E-state index in [9.17, 15) is 5.11 Å². The summed E-state index contributed by atoms with van der Waals surface area (Å²) in [6.45, 7) is 0.164. The van der Waals surface area contributed by atoms with Crippen LogP contribution < -0.4 is 5.73 Å². The second-order valence-corrected chi connectivity index (χ2v) is 6.70. The quantitative estimate of drug-likeness (QED) is 0.437. The highest BCUT2D eigenvalue weighted by atomic mass is 79.9. The van der Waals surface area contributed by atoms with Crippen LogP contribution in [0.25, 0.3) is 0 Å². The molecule has 0 saturated carbocycles. The summed E-state index contributed by atoms with van der Waals surface area (Å²) in [6, 6.07) is 0. The standard InChI is InChI=1S/C8H6Br5NO/c9-4-3(2(15)1-14)5(10)7(12)8(13)6(4)11/h2,15H,1,14H2. The van der Waals surface area contributed by atoms with E-state index in [-0.39, 0.29) is 6.54 Å². The molecule has 0 aliphatic heterocycles. The normalized spacial score (nSPS) is 13.0. The second kappa shape index (κ2) is 5.93. The molecule has 3 N–H and O–H groups in total. The van der Waals surface area contributed by atoms with Crippen molar-refractivity contribution in [3.8, 4) is 0 Å². The first kappa shape index (κ1) is 14.6. The lowest BCUT2D eigenvalue weighted by Crippen LogP contribution is -2.13. The van der Waals surface area contributed by atoms with E-state index in [0.717, 1.165) is 27.9 Å². The zero-order valence-electron chi connectivity index (χ0n) is 7.20. The average Bonchev–Trinajstić information content (AvgIpc) is 2.23. The summed E-state index contributed by atoms with van der Waals surface area (Å²) in [5.41, 5.74) is 6.17. The van der Waals surface area contributed by atoms with Gasteiger partial charge in [0.15, 0.2) is 0 Å². The SMILES string of the molecule is NCC(O)c1c(Br)c(Br)c(Br)c(Br)c1Br. The zero-order valence-corrected chi connectivity index (χ0v) is 15.1. The van der Waals surface area contributed by atoms with Crippen molar-refractivity contribution < 1.29 is 5.11 Å². The molecular weight excluding hydrogens is 526 g/mol. The van der Waals surface area contributed by atoms with Crippen LogP contribution in [0.15, 0.2) is 22.4 Å². The van der Waals surface area contributed by atoms with Gasteiger partial charge in [0.2, 0.25) is 0 Å². The smallest absolute Gasteiger partial charge is 0.0934 e. The molecule has 0 radical (unpaired) electrons. The molecule has 7 heteroatoms. The summed E-state index contributed by atoms with van der Waals surface area (Å²) in [6.07, 6.45) is -0.713. The molecular formula is C8H6Br5NO. The van der Waals surface area contributed by atoms with Crippen molar-refractivity contribution in [1.82, 2.24) is 0 Å². The van der Waals surface area contributed by atoms with Crippen LogP contribution in [0.2, 0.25) is 0 Å². The molecule has 0 aliphatic rings. The van der Waals surface area contributed by atoms with Crippen molar-refractivity contribution in [3.63, 3.8) is 0 Å². The minimum Gasteiger partial charge on any atom is -0.387 e. The van der Waals surface area contributed by atoms with Gasteiger partial charge in [0.25, 0.3) is 0 Å². The van der Waals surface area contributed by atoms with E-state index >= 15 is 0 Å². The fraction of sp³-hybridized carbons (Fsp3) is 0.250. The Morgan fingerprint density at radius 2 is 1.20 bits per heavy atom. The molecule has 0 heterocycles. The highest BCUT2D eigenvalue weighted by Crippen LogP contribution is 2.46. The first-order valence-corrected chi connectivity index (χ1v) is 7.77. The summed E-state index contributed by atoms with van der Waals surface area (Å²) in [7, 11) is 0. The minimum atomic E-state index is -0.713. The Hall–Kier alpha value is 1.54. The molecule has 1 aromatic rings. The number of rotatable bonds is 2. The number of nitrogens with two attached hydrogens (primary N) is 1. The van der Waals surface area contributed by atoms with E-state index in [1.165, 1.54) is 0 Å². The Balaban J connectivity index is 3.52. The highest BCUT2D eigenvalue weighted by Gasteiger charge is 2.21. The van der Waals surface area contributed by atoms with Gasteiger partial charge in [-0.2, -0.15) is 0 Å². The summed E-state index contributed by atoms with van der Waals surface area (Å²) in [4.78, 5) is 0. The van der Waals surface area contributed by atoms with Crippen molar-refractivity contribution in [2.75, 3.05) is 6.54 Å². The van der Waals surface area contributed by atoms with Gasteiger partial charge in [0.1, 0.15) is 0 Å². The van der Waals surface area contributed by atoms with Crippen molar-refractivity contribution in [3.05, 3.63) is 27.9 Å². The van der Waals surface area contributed by atoms with E-state index in [0.29, 0.717) is 0 Å². The van der Waals surface area contributed by atoms with Gasteiger partial charge in [-0.3, -0.25) is 0 Å². The number of benzene rings is 1. The van der Waals surface area contributed by atoms with Crippen molar-refractivity contribution in [1.29, 1.82) is 0 Å². The van der Waals surface area contributed by atoms with E-state index in [2.05, 4.69) is 79.6 Å². The molecule has 1 rings (SSSR count). The average molecular weight is 532 g/mol. The summed E-state index contributed by atoms with van der Waals surface area (Å²) >= 11 is 17.1. The fourth-order valence-corrected chi connectivity index (χ4v) is 4.64. The Morgan fingerprint density at radius 3 is 1.53 bits per heavy atom. The number of halogens is 5. The Kier molecular flexibility index (Phi) is 5.77. The maximum Gasteiger partial charge on any atom is 0.0934 e. The van der Waals surface area contributed by atoms with E-state index in [1.807, 2.05) is 0 Å². The minimum absolute atomic E-state index is 0.164. The van der Waals surface area contributed by atoms with Gasteiger partial charge >= 0.3 is 0 Å². The van der Waals surface area contributed by atoms with Crippen molar-refractivity contribution in [2.24, 2.45) is 5.73 Å². The lowest BCUT2D eigenvalue weighted by atomic mass is 10.1. The Labute approximate surface area is 130 Å². The van der Waals surface area contributed by atoms with Gasteiger partial charge in [0, 0.05) is 34.5 Å². The van der Waals surface area contributed by atoms with Crippen LogP contribution in [-0.4, -0.2) is 11.7 Å². The van der Waals surface area contributed by atoms with Crippen LogP contribution in [0.3, 0.4) is 0 Å². The molecule has 0 amide bonds. The predicted molar refractivity (Wildman–Crippen MR) is 79.0 cm³/mol. The van der Waals surface area contributed by atoms with Gasteiger partial charge in [-0.15, -0.1) is 0 Å². The molecule has 84 valence electrons. The summed E-state index contributed by atoms with van der Waals surface area (Å²) < 4.78 is 4.10. The monoisotopic (exact) mass is 527 g/mol. The highest BCUT2D eigenvalue weighted by molar-refractivity contribution is 9.15. The number of aliphatic hydroxyl groups excluding tert-OH is 1. The first-order valence-electron chi connectivity index (χ1n) is 3.81. The lowest BCUT2D eigenvalue weighted by molar-refractivity contribution is 0.185. The predicted octanol–water partition coefficient (Wildman–Crippen LogP) is 4.49. The first-order chi connectivity index (χ1) is 6.91. The molecule has 15 heavy (non-hydrogen) atoms. The molecule has 1 atom stereocenters. The van der Waals surface area contributed by atoms with Crippen molar-refractivity contribution >= 4 is 79.6 Å². The molecule has 1 aromatic carbocycles. The molecule has 0 fully saturated rings. The Bertz CT molecular complexity index is 366. The molecule has 0 aliphatic carbocycles. The molecule has 1 unspecified atom stereocenters. The third-order valence-corrected chi connectivity index (χ3v) is 7.95. The maximum absolute atomic E-state index is 9.79. The molecule has 0 spiro atoms. The van der Waals surface area contributed by atoms with E-state index in [4.69, 9.17) is 5.73 Å². The topological polar surface area (TPSA) is 46.2 Å². The molecule has 0 aromatic heterocycles. The maximum atomic E-state index is 9.79. The number of hydrogen-bond acceptors (Lipinski definition) is 2. The number of aliphatic hydroxyl groups is 1. The third kappa shape index (κ3) is 2.86. The van der Waals surface area contributed by atoms with Gasteiger partial charge in [0.05, 0.1) is 6.10 Å². The van der Waals surface area contributed by atoms with Crippen LogP contribution in [0.4, 0.5) is 0 Å². The van der Waals surface area contributed by atoms with Gasteiger partial charge in [-0.05, 0) is 79.6 Å².